The lowest BCUT2D eigenvalue weighted by Crippen LogP contribution is -2.03. The summed E-state index contributed by atoms with van der Waals surface area (Å²) in [4.78, 5) is 4.64. The van der Waals surface area contributed by atoms with Crippen LogP contribution < -0.4 is 0 Å². The van der Waals surface area contributed by atoms with E-state index in [4.69, 9.17) is 11.6 Å². The van der Waals surface area contributed by atoms with Crippen LogP contribution >= 0.6 is 11.6 Å². The first-order valence-corrected chi connectivity index (χ1v) is 11.5. The molecule has 0 radical (unpaired) electrons. The lowest BCUT2D eigenvalue weighted by molar-refractivity contribution is 0.602. The average Bonchev–Trinajstić information content (AvgIpc) is 3.19. The van der Waals surface area contributed by atoms with Crippen molar-refractivity contribution in [3.05, 3.63) is 101 Å². The Kier molecular flexibility index (Phi) is 5.45. The lowest BCUT2D eigenvalue weighted by atomic mass is 10.1. The highest BCUT2D eigenvalue weighted by molar-refractivity contribution is 7.90. The van der Waals surface area contributed by atoms with Crippen LogP contribution in [0.15, 0.2) is 84.0 Å². The minimum Gasteiger partial charge on any atom is -0.303 e. The molecular formula is C23H18ClFN2O2S. The zero-order chi connectivity index (χ0) is 21.3. The molecule has 7 heteroatoms. The Labute approximate surface area is 179 Å². The van der Waals surface area contributed by atoms with Gasteiger partial charge in [-0.05, 0) is 47.5 Å². The van der Waals surface area contributed by atoms with E-state index in [1.54, 1.807) is 36.5 Å². The summed E-state index contributed by atoms with van der Waals surface area (Å²) in [6, 6.07) is 19.1. The van der Waals surface area contributed by atoms with Crippen molar-refractivity contribution in [3.8, 4) is 16.8 Å². The van der Waals surface area contributed by atoms with Crippen LogP contribution in [0.2, 0.25) is 5.02 Å². The molecule has 1 heterocycles. The second-order valence-electron chi connectivity index (χ2n) is 6.94. The van der Waals surface area contributed by atoms with Crippen LogP contribution in [-0.4, -0.2) is 24.2 Å². The van der Waals surface area contributed by atoms with E-state index in [2.05, 4.69) is 4.98 Å². The zero-order valence-corrected chi connectivity index (χ0v) is 17.7. The van der Waals surface area contributed by atoms with Crippen LogP contribution in [0.25, 0.3) is 16.8 Å². The summed E-state index contributed by atoms with van der Waals surface area (Å²) < 4.78 is 39.7. The second kappa shape index (κ2) is 8.05. The molecule has 0 saturated heterocycles. The number of nitrogens with zero attached hydrogens (tertiary/aromatic N) is 2. The molecule has 4 rings (SSSR count). The number of halogens is 2. The Morgan fingerprint density at radius 2 is 1.73 bits per heavy atom. The van der Waals surface area contributed by atoms with Crippen molar-refractivity contribution in [2.75, 3.05) is 6.26 Å². The van der Waals surface area contributed by atoms with Crippen molar-refractivity contribution < 1.29 is 12.8 Å². The largest absolute Gasteiger partial charge is 0.303 e. The van der Waals surface area contributed by atoms with E-state index >= 15 is 0 Å². The van der Waals surface area contributed by atoms with Gasteiger partial charge in [-0.2, -0.15) is 0 Å². The molecule has 152 valence electrons. The van der Waals surface area contributed by atoms with Crippen molar-refractivity contribution >= 4 is 21.4 Å². The maximum absolute atomic E-state index is 14.2. The van der Waals surface area contributed by atoms with E-state index in [1.807, 2.05) is 41.1 Å². The van der Waals surface area contributed by atoms with E-state index in [0.29, 0.717) is 16.4 Å². The first-order chi connectivity index (χ1) is 14.3. The molecule has 1 aromatic heterocycles. The normalized spacial score (nSPS) is 11.6. The minimum absolute atomic E-state index is 0.261. The molecule has 0 unspecified atom stereocenters. The number of imidazole rings is 1. The number of hydrogen-bond acceptors (Lipinski definition) is 3. The number of sulfone groups is 1. The Morgan fingerprint density at radius 1 is 1.00 bits per heavy atom. The fraction of sp³-hybridized carbons (Fsp3) is 0.0870. The second-order valence-corrected chi connectivity index (χ2v) is 9.36. The summed E-state index contributed by atoms with van der Waals surface area (Å²) in [7, 11) is -3.27. The summed E-state index contributed by atoms with van der Waals surface area (Å²) in [6.07, 6.45) is 4.92. The van der Waals surface area contributed by atoms with E-state index in [1.165, 1.54) is 12.3 Å². The van der Waals surface area contributed by atoms with Crippen molar-refractivity contribution in [1.29, 1.82) is 0 Å². The molecule has 4 aromatic rings. The lowest BCUT2D eigenvalue weighted by Gasteiger charge is -2.11. The zero-order valence-electron chi connectivity index (χ0n) is 16.1. The summed E-state index contributed by atoms with van der Waals surface area (Å²) in [6.45, 7) is 0. The van der Waals surface area contributed by atoms with E-state index in [0.717, 1.165) is 16.8 Å². The van der Waals surface area contributed by atoms with Crippen molar-refractivity contribution in [1.82, 2.24) is 9.55 Å². The SMILES string of the molecule is CS(=O)(=O)c1cccc(-c2ccc(-n3ccnc3Cc3c(F)cccc3Cl)cc2)c1. The van der Waals surface area contributed by atoms with Crippen molar-refractivity contribution in [2.24, 2.45) is 0 Å². The molecule has 0 saturated carbocycles. The summed E-state index contributed by atoms with van der Waals surface area (Å²) >= 11 is 6.16. The van der Waals surface area contributed by atoms with Crippen molar-refractivity contribution in [3.63, 3.8) is 0 Å². The third-order valence-electron chi connectivity index (χ3n) is 4.85. The predicted molar refractivity (Wildman–Crippen MR) is 116 cm³/mol. The van der Waals surface area contributed by atoms with Gasteiger partial charge in [0.25, 0.3) is 0 Å². The van der Waals surface area contributed by atoms with Gasteiger partial charge in [0, 0.05) is 41.3 Å². The molecule has 0 amide bonds. The van der Waals surface area contributed by atoms with Gasteiger partial charge in [-0.15, -0.1) is 0 Å². The third kappa shape index (κ3) is 4.15. The highest BCUT2D eigenvalue weighted by Crippen LogP contribution is 2.26. The molecule has 0 aliphatic rings. The predicted octanol–water partition coefficient (Wildman–Crippen LogP) is 5.33. The Bertz CT molecular complexity index is 1300. The number of aromatic nitrogens is 2. The van der Waals surface area contributed by atoms with Gasteiger partial charge < -0.3 is 4.57 Å². The topological polar surface area (TPSA) is 52.0 Å². The molecule has 0 aliphatic heterocycles. The smallest absolute Gasteiger partial charge is 0.175 e. The highest BCUT2D eigenvalue weighted by atomic mass is 35.5. The standard InChI is InChI=1S/C23H18ClFN2O2S/c1-30(28,29)19-5-2-4-17(14-19)16-8-10-18(11-9-16)27-13-12-26-23(27)15-20-21(24)6-3-7-22(20)25/h2-14H,15H2,1H3. The molecule has 0 N–H and O–H groups in total. The van der Waals surface area contributed by atoms with Crippen LogP contribution in [0.4, 0.5) is 4.39 Å². The molecule has 4 nitrogen and oxygen atoms in total. The van der Waals surface area contributed by atoms with Crippen LogP contribution in [0.3, 0.4) is 0 Å². The maximum atomic E-state index is 14.2. The van der Waals surface area contributed by atoms with Gasteiger partial charge in [-0.25, -0.2) is 17.8 Å². The van der Waals surface area contributed by atoms with Crippen LogP contribution in [0.1, 0.15) is 11.4 Å². The van der Waals surface area contributed by atoms with Crippen molar-refractivity contribution in [2.45, 2.75) is 11.3 Å². The molecule has 0 atom stereocenters. The molecule has 30 heavy (non-hydrogen) atoms. The number of rotatable bonds is 5. The minimum atomic E-state index is -3.27. The van der Waals surface area contributed by atoms with Gasteiger partial charge in [-0.3, -0.25) is 0 Å². The van der Waals surface area contributed by atoms with Crippen LogP contribution in [-0.2, 0) is 16.3 Å². The number of hydrogen-bond donors (Lipinski definition) is 0. The van der Waals surface area contributed by atoms with Gasteiger partial charge in [-0.1, -0.05) is 41.9 Å². The van der Waals surface area contributed by atoms with E-state index in [-0.39, 0.29) is 17.1 Å². The highest BCUT2D eigenvalue weighted by Gasteiger charge is 2.13. The molecule has 3 aromatic carbocycles. The first kappa shape index (κ1) is 20.3. The summed E-state index contributed by atoms with van der Waals surface area (Å²) in [5, 5.41) is 0.366. The molecule has 0 fully saturated rings. The third-order valence-corrected chi connectivity index (χ3v) is 6.32. The van der Waals surface area contributed by atoms with Crippen LogP contribution in [0, 0.1) is 5.82 Å². The molecular weight excluding hydrogens is 423 g/mol. The first-order valence-electron chi connectivity index (χ1n) is 9.19. The number of benzene rings is 3. The molecule has 0 spiro atoms. The Morgan fingerprint density at radius 3 is 2.43 bits per heavy atom. The quantitative estimate of drug-likeness (QED) is 0.421. The van der Waals surface area contributed by atoms with Gasteiger partial charge in [0.2, 0.25) is 0 Å². The monoisotopic (exact) mass is 440 g/mol. The Balaban J connectivity index is 1.64. The van der Waals surface area contributed by atoms with Gasteiger partial charge in [0.1, 0.15) is 11.6 Å². The summed E-state index contributed by atoms with van der Waals surface area (Å²) in [5.41, 5.74) is 2.97. The summed E-state index contributed by atoms with van der Waals surface area (Å²) in [5.74, 6) is 0.298. The maximum Gasteiger partial charge on any atom is 0.175 e. The van der Waals surface area contributed by atoms with Crippen LogP contribution in [0.5, 0.6) is 0 Å². The Hall–Kier alpha value is -2.96. The molecule has 0 bridgehead atoms. The fourth-order valence-corrected chi connectivity index (χ4v) is 4.18. The van der Waals surface area contributed by atoms with Gasteiger partial charge in [0.05, 0.1) is 4.90 Å². The van der Waals surface area contributed by atoms with Gasteiger partial charge >= 0.3 is 0 Å². The molecule has 0 aliphatic carbocycles. The average molecular weight is 441 g/mol. The van der Waals surface area contributed by atoms with E-state index in [9.17, 15) is 12.8 Å². The van der Waals surface area contributed by atoms with Gasteiger partial charge in [0.15, 0.2) is 9.84 Å². The van der Waals surface area contributed by atoms with E-state index < -0.39 is 9.84 Å². The fourth-order valence-electron chi connectivity index (χ4n) is 3.28.